The number of rotatable bonds is 7. The SMILES string of the molecule is CCCCCCCCS(=O)(=O)O.[CaH2]. The molecule has 0 spiro atoms. The third-order valence-corrected chi connectivity index (χ3v) is 2.56. The molecule has 0 heterocycles. The van der Waals surface area contributed by atoms with Crippen molar-refractivity contribution in [2.75, 3.05) is 5.75 Å². The average molecular weight is 236 g/mol. The average Bonchev–Trinajstić information content (AvgIpc) is 1.94. The summed E-state index contributed by atoms with van der Waals surface area (Å²) in [5, 5.41) is 0. The van der Waals surface area contributed by atoms with Crippen LogP contribution < -0.4 is 0 Å². The summed E-state index contributed by atoms with van der Waals surface area (Å²) in [6.45, 7) is 2.14. The summed E-state index contributed by atoms with van der Waals surface area (Å²) in [6, 6.07) is 0. The molecule has 0 aromatic heterocycles. The first kappa shape index (κ1) is 16.6. The summed E-state index contributed by atoms with van der Waals surface area (Å²) in [5.41, 5.74) is 0. The minimum absolute atomic E-state index is 0. The second-order valence-electron chi connectivity index (χ2n) is 3.05. The molecular formula is C8H20CaO3S. The van der Waals surface area contributed by atoms with E-state index >= 15 is 0 Å². The Morgan fingerprint density at radius 3 is 1.92 bits per heavy atom. The van der Waals surface area contributed by atoms with Gasteiger partial charge in [-0.1, -0.05) is 39.0 Å². The molecular weight excluding hydrogens is 216 g/mol. The van der Waals surface area contributed by atoms with Crippen LogP contribution in [0.2, 0.25) is 0 Å². The van der Waals surface area contributed by atoms with E-state index in [-0.39, 0.29) is 43.5 Å². The molecule has 0 radical (unpaired) electrons. The normalized spacial score (nSPS) is 10.9. The summed E-state index contributed by atoms with van der Waals surface area (Å²) >= 11 is 0. The Hall–Kier alpha value is 1.17. The van der Waals surface area contributed by atoms with Gasteiger partial charge in [-0.15, -0.1) is 0 Å². The third kappa shape index (κ3) is 15.9. The molecule has 0 aromatic carbocycles. The van der Waals surface area contributed by atoms with Crippen molar-refractivity contribution in [2.24, 2.45) is 0 Å². The Morgan fingerprint density at radius 1 is 1.00 bits per heavy atom. The van der Waals surface area contributed by atoms with E-state index in [1.807, 2.05) is 0 Å². The molecule has 0 fully saturated rings. The number of hydrogen-bond donors (Lipinski definition) is 1. The number of unbranched alkanes of at least 4 members (excludes halogenated alkanes) is 5. The van der Waals surface area contributed by atoms with Crippen molar-refractivity contribution >= 4 is 47.9 Å². The molecule has 0 atom stereocenters. The van der Waals surface area contributed by atoms with Crippen molar-refractivity contribution in [1.29, 1.82) is 0 Å². The first-order chi connectivity index (χ1) is 5.56. The van der Waals surface area contributed by atoms with Crippen LogP contribution in [0.25, 0.3) is 0 Å². The monoisotopic (exact) mass is 236 g/mol. The van der Waals surface area contributed by atoms with Crippen LogP contribution in [0.3, 0.4) is 0 Å². The first-order valence-corrected chi connectivity index (χ1v) is 6.12. The number of hydrogen-bond acceptors (Lipinski definition) is 2. The van der Waals surface area contributed by atoms with Gasteiger partial charge in [-0.3, -0.25) is 4.55 Å². The van der Waals surface area contributed by atoms with Crippen LogP contribution in [0.5, 0.6) is 0 Å². The van der Waals surface area contributed by atoms with Gasteiger partial charge < -0.3 is 0 Å². The van der Waals surface area contributed by atoms with E-state index in [1.165, 1.54) is 19.3 Å². The quantitative estimate of drug-likeness (QED) is 0.412. The zero-order valence-corrected chi connectivity index (χ0v) is 8.44. The van der Waals surface area contributed by atoms with Crippen molar-refractivity contribution < 1.29 is 13.0 Å². The Labute approximate surface area is 111 Å². The van der Waals surface area contributed by atoms with Gasteiger partial charge in [-0.2, -0.15) is 8.42 Å². The van der Waals surface area contributed by atoms with Gasteiger partial charge in [0.25, 0.3) is 10.1 Å². The van der Waals surface area contributed by atoms with Crippen molar-refractivity contribution in [3.8, 4) is 0 Å². The van der Waals surface area contributed by atoms with E-state index in [4.69, 9.17) is 4.55 Å². The predicted molar refractivity (Wildman–Crippen MR) is 58.3 cm³/mol. The van der Waals surface area contributed by atoms with Crippen LogP contribution in [0.4, 0.5) is 0 Å². The summed E-state index contributed by atoms with van der Waals surface area (Å²) < 4.78 is 28.9. The molecule has 0 saturated heterocycles. The molecule has 5 heteroatoms. The fraction of sp³-hybridized carbons (Fsp3) is 1.00. The van der Waals surface area contributed by atoms with Crippen LogP contribution in [0.15, 0.2) is 0 Å². The molecule has 0 rings (SSSR count). The molecule has 0 saturated carbocycles. The van der Waals surface area contributed by atoms with E-state index < -0.39 is 10.1 Å². The molecule has 0 aromatic rings. The van der Waals surface area contributed by atoms with Crippen molar-refractivity contribution in [2.45, 2.75) is 45.4 Å². The van der Waals surface area contributed by atoms with Crippen LogP contribution in [-0.4, -0.2) is 56.5 Å². The van der Waals surface area contributed by atoms with Crippen molar-refractivity contribution in [1.82, 2.24) is 0 Å². The molecule has 0 aliphatic rings. The van der Waals surface area contributed by atoms with Crippen LogP contribution >= 0.6 is 0 Å². The third-order valence-electron chi connectivity index (χ3n) is 1.76. The van der Waals surface area contributed by atoms with Gasteiger partial charge in [0.1, 0.15) is 0 Å². The van der Waals surface area contributed by atoms with Gasteiger partial charge in [0, 0.05) is 0 Å². The minimum atomic E-state index is -3.72. The van der Waals surface area contributed by atoms with Crippen LogP contribution in [0.1, 0.15) is 45.4 Å². The maximum atomic E-state index is 10.3. The van der Waals surface area contributed by atoms with Gasteiger partial charge in [-0.05, 0) is 6.42 Å². The van der Waals surface area contributed by atoms with Crippen molar-refractivity contribution in [3.05, 3.63) is 0 Å². The molecule has 0 unspecified atom stereocenters. The van der Waals surface area contributed by atoms with Gasteiger partial charge >= 0.3 is 37.7 Å². The predicted octanol–water partition coefficient (Wildman–Crippen LogP) is 1.32. The molecule has 0 bridgehead atoms. The summed E-state index contributed by atoms with van der Waals surface area (Å²) in [5.74, 6) is -0.0842. The van der Waals surface area contributed by atoms with E-state index in [0.29, 0.717) is 6.42 Å². The molecule has 0 aliphatic heterocycles. The molecule has 13 heavy (non-hydrogen) atoms. The van der Waals surface area contributed by atoms with Crippen molar-refractivity contribution in [3.63, 3.8) is 0 Å². The van der Waals surface area contributed by atoms with Gasteiger partial charge in [0.2, 0.25) is 0 Å². The second kappa shape index (κ2) is 9.71. The topological polar surface area (TPSA) is 54.4 Å². The van der Waals surface area contributed by atoms with E-state index in [9.17, 15) is 8.42 Å². The summed E-state index contributed by atoms with van der Waals surface area (Å²) in [6.07, 6.45) is 6.14. The zero-order chi connectivity index (χ0) is 9.45. The Morgan fingerprint density at radius 2 is 1.46 bits per heavy atom. The fourth-order valence-electron chi connectivity index (χ4n) is 1.06. The summed E-state index contributed by atoms with van der Waals surface area (Å²) in [4.78, 5) is 0. The molecule has 1 N–H and O–H groups in total. The van der Waals surface area contributed by atoms with Gasteiger partial charge in [-0.25, -0.2) is 0 Å². The van der Waals surface area contributed by atoms with Gasteiger partial charge in [0.05, 0.1) is 5.75 Å². The molecule has 0 aliphatic carbocycles. The fourth-order valence-corrected chi connectivity index (χ4v) is 1.63. The van der Waals surface area contributed by atoms with E-state index in [0.717, 1.165) is 12.8 Å². The molecule has 0 amide bonds. The standard InChI is InChI=1S/C8H18O3S.Ca.2H/c1-2-3-4-5-6-7-8-12(9,10)11;;;/h2-8H2,1H3,(H,9,10,11);;;. The first-order valence-electron chi connectivity index (χ1n) is 4.51. The van der Waals surface area contributed by atoms with E-state index in [2.05, 4.69) is 6.92 Å². The summed E-state index contributed by atoms with van der Waals surface area (Å²) in [7, 11) is -3.72. The maximum absolute atomic E-state index is 10.3. The molecule has 78 valence electrons. The van der Waals surface area contributed by atoms with E-state index in [1.54, 1.807) is 0 Å². The Kier molecular flexibility index (Phi) is 12.4. The second-order valence-corrected chi connectivity index (χ2v) is 4.63. The zero-order valence-electron chi connectivity index (χ0n) is 7.62. The molecule has 3 nitrogen and oxygen atoms in total. The van der Waals surface area contributed by atoms with Crippen LogP contribution in [0, 0.1) is 0 Å². The Bertz CT molecular complexity index is 190. The van der Waals surface area contributed by atoms with Gasteiger partial charge in [0.15, 0.2) is 0 Å². The van der Waals surface area contributed by atoms with Crippen LogP contribution in [-0.2, 0) is 10.1 Å². The Balaban J connectivity index is 0.